The number of benzene rings is 2. The number of aromatic nitrogens is 3. The number of hydrogen-bond acceptors (Lipinski definition) is 8. The second kappa shape index (κ2) is 15.9. The van der Waals surface area contributed by atoms with E-state index in [9.17, 15) is 9.18 Å². The van der Waals surface area contributed by atoms with Crippen LogP contribution in [0.25, 0.3) is 32.9 Å². The molecule has 336 valence electrons. The first kappa shape index (κ1) is 43.8. The molecule has 0 aliphatic carbocycles. The lowest BCUT2D eigenvalue weighted by Crippen LogP contribution is -2.62. The Bertz CT molecular complexity index is 2510. The number of rotatable bonds is 7. The molecule has 5 aliphatic heterocycles. The molecule has 0 radical (unpaired) electrons. The van der Waals surface area contributed by atoms with Crippen LogP contribution in [0.15, 0.2) is 30.3 Å². The Labute approximate surface area is 371 Å². The van der Waals surface area contributed by atoms with E-state index in [0.717, 1.165) is 37.6 Å². The van der Waals surface area contributed by atoms with Crippen molar-refractivity contribution in [1.29, 1.82) is 0 Å². The molecule has 2 aromatic carbocycles. The highest BCUT2D eigenvalue weighted by Crippen LogP contribution is 2.49. The minimum Gasteiger partial charge on any atom is -0.461 e. The molecule has 4 aromatic rings. The van der Waals surface area contributed by atoms with Gasteiger partial charge in [-0.3, -0.25) is 9.80 Å². The Morgan fingerprint density at radius 1 is 0.968 bits per heavy atom. The van der Waals surface area contributed by atoms with Crippen molar-refractivity contribution in [3.63, 3.8) is 0 Å². The van der Waals surface area contributed by atoms with Crippen molar-refractivity contribution in [3.05, 3.63) is 53.2 Å². The molecule has 0 saturated carbocycles. The smallest absolute Gasteiger partial charge is 0.410 e. The van der Waals surface area contributed by atoms with Crippen molar-refractivity contribution in [2.24, 2.45) is 0 Å². The van der Waals surface area contributed by atoms with Gasteiger partial charge < -0.3 is 14.4 Å². The number of nitrogens with zero attached hydrogens (tertiary/aromatic N) is 6. The van der Waals surface area contributed by atoms with E-state index in [2.05, 4.69) is 69.7 Å². The van der Waals surface area contributed by atoms with Crippen LogP contribution in [-0.4, -0.2) is 101 Å². The number of ether oxygens (including phenoxy) is 2. The van der Waals surface area contributed by atoms with Crippen molar-refractivity contribution < 1.29 is 27.4 Å². The fourth-order valence-electron chi connectivity index (χ4n) is 12.5. The number of hydrogen-bond donors (Lipinski definition) is 0. The van der Waals surface area contributed by atoms with E-state index in [1.807, 2.05) is 37.8 Å². The zero-order valence-corrected chi connectivity index (χ0v) is 39.6. The molecule has 1 amide bonds. The van der Waals surface area contributed by atoms with Gasteiger partial charge >= 0.3 is 12.1 Å². The molecule has 0 spiro atoms. The second-order valence-corrected chi connectivity index (χ2v) is 26.7. The van der Waals surface area contributed by atoms with Crippen LogP contribution in [0.4, 0.5) is 23.8 Å². The average Bonchev–Trinajstić information content (AvgIpc) is 3.83. The lowest BCUT2D eigenvalue weighted by atomic mass is 9.91. The van der Waals surface area contributed by atoms with Crippen LogP contribution >= 0.6 is 0 Å². The summed E-state index contributed by atoms with van der Waals surface area (Å²) in [5.74, 6) is 2.59. The van der Waals surface area contributed by atoms with E-state index in [0.29, 0.717) is 70.4 Å². The first-order valence-corrected chi connectivity index (χ1v) is 25.5. The van der Waals surface area contributed by atoms with Crippen molar-refractivity contribution in [2.75, 3.05) is 31.1 Å². The molecule has 7 heterocycles. The Kier molecular flexibility index (Phi) is 11.1. The highest BCUT2D eigenvalue weighted by Gasteiger charge is 2.53. The van der Waals surface area contributed by atoms with E-state index in [1.165, 1.54) is 6.07 Å². The van der Waals surface area contributed by atoms with Gasteiger partial charge in [0.25, 0.3) is 0 Å². The van der Waals surface area contributed by atoms with Crippen molar-refractivity contribution in [3.8, 4) is 28.7 Å². The minimum absolute atomic E-state index is 0.0196. The SMILES string of the molecule is CC(C)[Si](C#Cc1c(F)ccc2cccc(-c3nc4c5c(nc(OC[C@@]67CCCN6C[C@H](F)C7)nc5c3F)N3C[C@H]5CC[C@@H]([C@H]3C[C@@H]4C)N5C(=O)OC(C)(C)C)c12)(C(C)C)C(C)C. The van der Waals surface area contributed by atoms with Crippen LogP contribution in [0.5, 0.6) is 6.01 Å². The van der Waals surface area contributed by atoms with E-state index in [-0.39, 0.29) is 59.5 Å². The quantitative estimate of drug-likeness (QED) is 0.134. The van der Waals surface area contributed by atoms with Gasteiger partial charge in [0.05, 0.1) is 40.3 Å². The molecule has 2 bridgehead atoms. The van der Waals surface area contributed by atoms with Gasteiger partial charge in [-0.1, -0.05) is 78.7 Å². The largest absolute Gasteiger partial charge is 0.461 e. The van der Waals surface area contributed by atoms with Gasteiger partial charge in [0.15, 0.2) is 5.82 Å². The Morgan fingerprint density at radius 2 is 1.71 bits per heavy atom. The van der Waals surface area contributed by atoms with Gasteiger partial charge in [0, 0.05) is 36.4 Å². The number of halogens is 3. The molecule has 63 heavy (non-hydrogen) atoms. The number of amides is 1. The van der Waals surface area contributed by atoms with Crippen LogP contribution in [-0.2, 0) is 4.74 Å². The van der Waals surface area contributed by atoms with E-state index >= 15 is 8.78 Å². The van der Waals surface area contributed by atoms with Crippen LogP contribution < -0.4 is 9.64 Å². The molecular formula is C50H63F3N6O3Si. The first-order valence-electron chi connectivity index (χ1n) is 23.3. The average molecular weight is 881 g/mol. The van der Waals surface area contributed by atoms with Crippen LogP contribution in [0, 0.1) is 23.1 Å². The molecule has 0 unspecified atom stereocenters. The first-order chi connectivity index (χ1) is 29.8. The molecule has 0 N–H and O–H groups in total. The van der Waals surface area contributed by atoms with Gasteiger partial charge in [-0.2, -0.15) is 9.97 Å². The number of piperazine rings is 1. The molecule has 5 aliphatic rings. The highest BCUT2D eigenvalue weighted by molar-refractivity contribution is 6.90. The molecule has 13 heteroatoms. The maximum absolute atomic E-state index is 18.0. The summed E-state index contributed by atoms with van der Waals surface area (Å²) < 4.78 is 61.8. The number of pyridine rings is 1. The zero-order valence-electron chi connectivity index (χ0n) is 38.6. The van der Waals surface area contributed by atoms with Crippen LogP contribution in [0.2, 0.25) is 16.6 Å². The summed E-state index contributed by atoms with van der Waals surface area (Å²) in [6.45, 7) is 22.9. The third-order valence-electron chi connectivity index (χ3n) is 15.3. The Balaban J connectivity index is 1.23. The van der Waals surface area contributed by atoms with E-state index in [1.54, 1.807) is 12.1 Å². The fourth-order valence-corrected chi connectivity index (χ4v) is 17.7. The summed E-state index contributed by atoms with van der Waals surface area (Å²) in [7, 11) is -2.28. The third-order valence-corrected chi connectivity index (χ3v) is 21.6. The van der Waals surface area contributed by atoms with E-state index < -0.39 is 37.0 Å². The van der Waals surface area contributed by atoms with Gasteiger partial charge in [0.2, 0.25) is 0 Å². The van der Waals surface area contributed by atoms with Gasteiger partial charge in [0.1, 0.15) is 49.3 Å². The van der Waals surface area contributed by atoms with Crippen molar-refractivity contribution in [2.45, 2.75) is 166 Å². The predicted octanol–water partition coefficient (Wildman–Crippen LogP) is 11.1. The number of carbonyl (C=O) groups excluding carboxylic acids is 1. The molecule has 4 saturated heterocycles. The molecular weight excluding hydrogens is 818 g/mol. The lowest BCUT2D eigenvalue weighted by molar-refractivity contribution is 0.00691. The van der Waals surface area contributed by atoms with Gasteiger partial charge in [-0.15, -0.1) is 5.54 Å². The molecule has 4 fully saturated rings. The maximum Gasteiger partial charge on any atom is 0.410 e. The molecule has 6 atom stereocenters. The summed E-state index contributed by atoms with van der Waals surface area (Å²) in [6, 6.07) is 8.28. The number of fused-ring (bicyclic) bond motifs is 7. The van der Waals surface area contributed by atoms with Gasteiger partial charge in [-0.05, 0) is 87.5 Å². The third kappa shape index (κ3) is 7.26. The number of carbonyl (C=O) groups is 1. The second-order valence-electron chi connectivity index (χ2n) is 21.1. The van der Waals surface area contributed by atoms with Crippen molar-refractivity contribution in [1.82, 2.24) is 24.8 Å². The summed E-state index contributed by atoms with van der Waals surface area (Å²) >= 11 is 0. The zero-order chi connectivity index (χ0) is 44.9. The summed E-state index contributed by atoms with van der Waals surface area (Å²) in [5, 5.41) is 1.76. The molecule has 2 aromatic heterocycles. The minimum atomic E-state index is -2.28. The number of anilines is 1. The van der Waals surface area contributed by atoms with Crippen LogP contribution in [0.3, 0.4) is 0 Å². The Hall–Kier alpha value is -4.41. The predicted molar refractivity (Wildman–Crippen MR) is 246 cm³/mol. The molecule has 9 rings (SSSR count). The lowest BCUT2D eigenvalue weighted by Gasteiger charge is -2.47. The monoisotopic (exact) mass is 880 g/mol. The molecule has 9 nitrogen and oxygen atoms in total. The summed E-state index contributed by atoms with van der Waals surface area (Å²) in [6.07, 6.45) is 3.06. The maximum atomic E-state index is 18.0. The summed E-state index contributed by atoms with van der Waals surface area (Å²) in [5.41, 5.74) is 5.04. The standard InChI is InChI=1S/C50H63F3N6O3Si/c1-28(2)63(29(3)4,30(5)6)22-19-35-37(52)17-15-32-13-11-14-36(40(32)35)44-42(53)45-41-43(54-44)31(7)23-39-38-18-16-34(59(38)48(60)62-49(8,9)10)26-58(39)46(41)56-47(55-45)61-27-50-20-12-21-57(50)25-33(51)24-50/h11,13-15,17,28-31,33-34,38-39H,12,16,18,20-21,23-27H2,1-10H3/t31-,33+,34+,38-,39+,50-/m0/s1. The van der Waals surface area contributed by atoms with Crippen LogP contribution in [0.1, 0.15) is 125 Å². The van der Waals surface area contributed by atoms with Gasteiger partial charge in [-0.25, -0.2) is 22.9 Å². The van der Waals surface area contributed by atoms with E-state index in [4.69, 9.17) is 24.4 Å². The normalized spacial score (nSPS) is 25.8. The number of alkyl halides is 1. The fraction of sp³-hybridized carbons (Fsp3) is 0.600. The van der Waals surface area contributed by atoms with Crippen molar-refractivity contribution >= 4 is 41.7 Å². The highest BCUT2D eigenvalue weighted by atomic mass is 28.3. The Morgan fingerprint density at radius 3 is 2.43 bits per heavy atom. The topological polar surface area (TPSA) is 83.9 Å². The summed E-state index contributed by atoms with van der Waals surface area (Å²) in [4.78, 5) is 35.4.